The van der Waals surface area contributed by atoms with Gasteiger partial charge in [-0.2, -0.15) is 0 Å². The Morgan fingerprint density at radius 1 is 1.00 bits per heavy atom. The van der Waals surface area contributed by atoms with Crippen molar-refractivity contribution in [2.75, 3.05) is 5.32 Å². The average Bonchev–Trinajstić information content (AvgIpc) is 3.14. The summed E-state index contributed by atoms with van der Waals surface area (Å²) in [7, 11) is -3.30. The number of hydrogen-bond acceptors (Lipinski definition) is 6. The number of hydrogen-bond donors (Lipinski definition) is 1. The molecule has 1 amide bonds. The van der Waals surface area contributed by atoms with Gasteiger partial charge in [-0.25, -0.2) is 8.42 Å². The molecule has 0 aliphatic rings. The third kappa shape index (κ3) is 5.51. The topological polar surface area (TPSA) is 102 Å². The van der Waals surface area contributed by atoms with Crippen LogP contribution in [0.3, 0.4) is 0 Å². The molecule has 0 radical (unpaired) electrons. The van der Waals surface area contributed by atoms with Crippen LogP contribution in [0.15, 0.2) is 63.9 Å². The van der Waals surface area contributed by atoms with E-state index in [1.807, 2.05) is 30.3 Å². The van der Waals surface area contributed by atoms with Gasteiger partial charge in [-0.15, -0.1) is 5.10 Å². The smallest absolute Gasteiger partial charge is 0.322 e. The molecule has 1 N–H and O–H groups in total. The zero-order valence-electron chi connectivity index (χ0n) is 16.3. The normalized spacial score (nSPS) is 11.6. The van der Waals surface area contributed by atoms with Crippen molar-refractivity contribution in [2.45, 2.75) is 43.3 Å². The van der Waals surface area contributed by atoms with Crippen LogP contribution in [0.1, 0.15) is 37.3 Å². The molecule has 0 aliphatic carbocycles. The summed E-state index contributed by atoms with van der Waals surface area (Å²) in [6.45, 7) is 3.30. The number of rotatable bonds is 8. The Hall–Kier alpha value is -3.00. The Morgan fingerprint density at radius 2 is 1.69 bits per heavy atom. The highest BCUT2D eigenvalue weighted by atomic mass is 32.2. The fourth-order valence-corrected chi connectivity index (χ4v) is 3.76. The fourth-order valence-electron chi connectivity index (χ4n) is 2.70. The lowest BCUT2D eigenvalue weighted by Crippen LogP contribution is -2.13. The highest BCUT2D eigenvalue weighted by molar-refractivity contribution is 7.92. The van der Waals surface area contributed by atoms with E-state index in [0.717, 1.165) is 11.1 Å². The summed E-state index contributed by atoms with van der Waals surface area (Å²) in [6, 6.07) is 16.4. The number of nitrogens with zero attached hydrogens (tertiary/aromatic N) is 2. The number of aryl methyl sites for hydroxylation is 1. The van der Waals surface area contributed by atoms with E-state index in [0.29, 0.717) is 25.2 Å². The van der Waals surface area contributed by atoms with E-state index in [-0.39, 0.29) is 16.8 Å². The first-order chi connectivity index (χ1) is 13.8. The minimum Gasteiger partial charge on any atom is -0.407 e. The van der Waals surface area contributed by atoms with Crippen molar-refractivity contribution in [3.05, 3.63) is 71.6 Å². The number of benzene rings is 2. The minimum atomic E-state index is -3.30. The Labute approximate surface area is 170 Å². The summed E-state index contributed by atoms with van der Waals surface area (Å²) >= 11 is 0. The molecule has 2 aromatic carbocycles. The molecule has 3 aromatic rings. The molecule has 0 fully saturated rings. The highest BCUT2D eigenvalue weighted by Crippen LogP contribution is 2.18. The second-order valence-electron chi connectivity index (χ2n) is 6.95. The molecule has 0 unspecified atom stereocenters. The standard InChI is InChI=1S/C21H23N3O4S/c1-15(2)29(26,27)18-11-8-17(9-12-18)14-20-23-24-21(28-20)22-19(25)13-10-16-6-4-3-5-7-16/h3-9,11-12,15H,10,13-14H2,1-2H3,(H,22,24,25). The van der Waals surface area contributed by atoms with Crippen LogP contribution in [0, 0.1) is 0 Å². The van der Waals surface area contributed by atoms with Gasteiger partial charge in [0.25, 0.3) is 0 Å². The number of carbonyl (C=O) groups is 1. The van der Waals surface area contributed by atoms with Crippen molar-refractivity contribution in [3.8, 4) is 0 Å². The second kappa shape index (κ2) is 9.00. The second-order valence-corrected chi connectivity index (χ2v) is 9.45. The Morgan fingerprint density at radius 3 is 2.34 bits per heavy atom. The average molecular weight is 413 g/mol. The SMILES string of the molecule is CC(C)S(=O)(=O)c1ccc(Cc2nnc(NC(=O)CCc3ccccc3)o2)cc1. The first-order valence-electron chi connectivity index (χ1n) is 9.33. The van der Waals surface area contributed by atoms with Crippen molar-refractivity contribution in [1.82, 2.24) is 10.2 Å². The maximum atomic E-state index is 12.2. The Kier molecular flexibility index (Phi) is 6.43. The number of carbonyl (C=O) groups excluding carboxylic acids is 1. The van der Waals surface area contributed by atoms with E-state index in [9.17, 15) is 13.2 Å². The molecule has 0 saturated heterocycles. The van der Waals surface area contributed by atoms with E-state index in [1.165, 1.54) is 0 Å². The van der Waals surface area contributed by atoms with E-state index in [4.69, 9.17) is 4.42 Å². The van der Waals surface area contributed by atoms with Gasteiger partial charge in [0, 0.05) is 6.42 Å². The third-order valence-electron chi connectivity index (χ3n) is 4.42. The molecule has 0 saturated carbocycles. The Bertz CT molecular complexity index is 1060. The zero-order valence-corrected chi connectivity index (χ0v) is 17.1. The third-order valence-corrected chi connectivity index (χ3v) is 6.60. The summed E-state index contributed by atoms with van der Waals surface area (Å²) in [5.74, 6) is 0.134. The maximum absolute atomic E-state index is 12.2. The molecule has 1 aromatic heterocycles. The van der Waals surface area contributed by atoms with Crippen LogP contribution in [-0.4, -0.2) is 29.8 Å². The molecule has 0 spiro atoms. The van der Waals surface area contributed by atoms with Crippen LogP contribution in [0.5, 0.6) is 0 Å². The lowest BCUT2D eigenvalue weighted by molar-refractivity contribution is -0.116. The molecular formula is C21H23N3O4S. The number of aromatic nitrogens is 2. The Balaban J connectivity index is 1.55. The number of nitrogens with one attached hydrogen (secondary N) is 1. The van der Waals surface area contributed by atoms with Gasteiger partial charge in [0.2, 0.25) is 11.8 Å². The van der Waals surface area contributed by atoms with Crippen LogP contribution in [-0.2, 0) is 27.5 Å². The van der Waals surface area contributed by atoms with E-state index >= 15 is 0 Å². The first-order valence-corrected chi connectivity index (χ1v) is 10.9. The zero-order chi connectivity index (χ0) is 20.9. The number of amides is 1. The molecule has 0 atom stereocenters. The van der Waals surface area contributed by atoms with Crippen LogP contribution >= 0.6 is 0 Å². The van der Waals surface area contributed by atoms with Crippen molar-refractivity contribution in [3.63, 3.8) is 0 Å². The number of anilines is 1. The van der Waals surface area contributed by atoms with Crippen molar-refractivity contribution >= 4 is 21.8 Å². The van der Waals surface area contributed by atoms with Gasteiger partial charge in [-0.1, -0.05) is 47.6 Å². The molecule has 1 heterocycles. The summed E-state index contributed by atoms with van der Waals surface area (Å²) in [4.78, 5) is 12.3. The summed E-state index contributed by atoms with van der Waals surface area (Å²) in [5, 5.41) is 9.90. The first kappa shape index (κ1) is 20.7. The fraction of sp³-hybridized carbons (Fsp3) is 0.286. The van der Waals surface area contributed by atoms with Crippen LogP contribution in [0.4, 0.5) is 6.01 Å². The van der Waals surface area contributed by atoms with Gasteiger partial charge in [-0.05, 0) is 43.5 Å². The highest BCUT2D eigenvalue weighted by Gasteiger charge is 2.19. The summed E-state index contributed by atoms with van der Waals surface area (Å²) in [5.41, 5.74) is 1.91. The number of sulfone groups is 1. The van der Waals surface area contributed by atoms with E-state index < -0.39 is 15.1 Å². The summed E-state index contributed by atoms with van der Waals surface area (Å²) < 4.78 is 29.8. The lowest BCUT2D eigenvalue weighted by atomic mass is 10.1. The van der Waals surface area contributed by atoms with Gasteiger partial charge in [-0.3, -0.25) is 10.1 Å². The molecule has 152 valence electrons. The molecule has 29 heavy (non-hydrogen) atoms. The molecule has 8 heteroatoms. The molecule has 0 bridgehead atoms. The van der Waals surface area contributed by atoms with Crippen LogP contribution < -0.4 is 5.32 Å². The molecule has 0 aliphatic heterocycles. The van der Waals surface area contributed by atoms with Crippen molar-refractivity contribution in [2.24, 2.45) is 0 Å². The van der Waals surface area contributed by atoms with Crippen molar-refractivity contribution < 1.29 is 17.6 Å². The predicted octanol–water partition coefficient (Wildman–Crippen LogP) is 3.41. The van der Waals surface area contributed by atoms with E-state index in [2.05, 4.69) is 15.5 Å². The minimum absolute atomic E-state index is 0.0528. The lowest BCUT2D eigenvalue weighted by Gasteiger charge is -2.08. The van der Waals surface area contributed by atoms with Gasteiger partial charge >= 0.3 is 6.01 Å². The maximum Gasteiger partial charge on any atom is 0.322 e. The van der Waals surface area contributed by atoms with Crippen molar-refractivity contribution in [1.29, 1.82) is 0 Å². The summed E-state index contributed by atoms with van der Waals surface area (Å²) in [6.07, 6.45) is 1.28. The van der Waals surface area contributed by atoms with Crippen LogP contribution in [0.2, 0.25) is 0 Å². The molecule has 7 nitrogen and oxygen atoms in total. The quantitative estimate of drug-likeness (QED) is 0.607. The van der Waals surface area contributed by atoms with Gasteiger partial charge < -0.3 is 4.42 Å². The monoisotopic (exact) mass is 413 g/mol. The molecule has 3 rings (SSSR count). The van der Waals surface area contributed by atoms with Gasteiger partial charge in [0.1, 0.15) is 0 Å². The van der Waals surface area contributed by atoms with Gasteiger partial charge in [0.05, 0.1) is 16.6 Å². The van der Waals surface area contributed by atoms with E-state index in [1.54, 1.807) is 38.1 Å². The largest absolute Gasteiger partial charge is 0.407 e. The van der Waals surface area contributed by atoms with Gasteiger partial charge in [0.15, 0.2) is 9.84 Å². The molecular weight excluding hydrogens is 390 g/mol. The predicted molar refractivity (Wildman–Crippen MR) is 109 cm³/mol. The van der Waals surface area contributed by atoms with Crippen LogP contribution in [0.25, 0.3) is 0 Å².